The quantitative estimate of drug-likeness (QED) is 0.544. The van der Waals surface area contributed by atoms with E-state index < -0.39 is 5.97 Å². The fourth-order valence-corrected chi connectivity index (χ4v) is 4.04. The molecular weight excluding hydrogens is 382 g/mol. The van der Waals surface area contributed by atoms with E-state index in [1.807, 2.05) is 6.07 Å². The van der Waals surface area contributed by atoms with Gasteiger partial charge < -0.3 is 24.7 Å². The van der Waals surface area contributed by atoms with Crippen molar-refractivity contribution in [3.05, 3.63) is 59.3 Å². The summed E-state index contributed by atoms with van der Waals surface area (Å²) in [6, 6.07) is 13.9. The standard InChI is InChI=1S/C23H25N3O4/c1-29-17-7-8-18-19(13-17)24-22(23(28)30-2)21(18)25-20(27)10-12-26-11-9-15-5-3-4-6-16(15)14-26/h3-8,13,24H,9-12,14H2,1-2H3,(H,25,27)/p+1. The molecule has 3 aromatic rings. The smallest absolute Gasteiger partial charge is 0.356 e. The molecule has 1 aliphatic rings. The molecule has 1 unspecified atom stereocenters. The molecule has 156 valence electrons. The predicted octanol–water partition coefficient (Wildman–Crippen LogP) is 1.93. The van der Waals surface area contributed by atoms with Crippen LogP contribution < -0.4 is 15.0 Å². The van der Waals surface area contributed by atoms with Crippen molar-refractivity contribution in [1.29, 1.82) is 0 Å². The van der Waals surface area contributed by atoms with E-state index in [-0.39, 0.29) is 11.6 Å². The molecule has 1 aliphatic heterocycles. The van der Waals surface area contributed by atoms with Crippen molar-refractivity contribution in [2.24, 2.45) is 0 Å². The maximum Gasteiger partial charge on any atom is 0.356 e. The van der Waals surface area contributed by atoms with Gasteiger partial charge in [-0.25, -0.2) is 4.79 Å². The Hall–Kier alpha value is -3.32. The number of anilines is 1. The van der Waals surface area contributed by atoms with Gasteiger partial charge in [-0.15, -0.1) is 0 Å². The molecule has 1 amide bonds. The number of H-pyrrole nitrogens is 1. The molecule has 1 atom stereocenters. The lowest BCUT2D eigenvalue weighted by Crippen LogP contribution is -3.11. The Morgan fingerprint density at radius 1 is 1.13 bits per heavy atom. The lowest BCUT2D eigenvalue weighted by atomic mass is 10.00. The molecule has 7 nitrogen and oxygen atoms in total. The number of hydrogen-bond acceptors (Lipinski definition) is 4. The highest BCUT2D eigenvalue weighted by Crippen LogP contribution is 2.31. The van der Waals surface area contributed by atoms with Gasteiger partial charge in [0.05, 0.1) is 44.9 Å². The van der Waals surface area contributed by atoms with Gasteiger partial charge in [0.25, 0.3) is 0 Å². The lowest BCUT2D eigenvalue weighted by molar-refractivity contribution is -0.915. The third-order valence-corrected chi connectivity index (χ3v) is 5.67. The fraction of sp³-hybridized carbons (Fsp3) is 0.304. The average molecular weight is 408 g/mol. The van der Waals surface area contributed by atoms with E-state index >= 15 is 0 Å². The Balaban J connectivity index is 1.47. The second-order valence-corrected chi connectivity index (χ2v) is 7.52. The maximum absolute atomic E-state index is 12.7. The van der Waals surface area contributed by atoms with Gasteiger partial charge in [0.15, 0.2) is 0 Å². The van der Waals surface area contributed by atoms with Crippen molar-refractivity contribution >= 4 is 28.5 Å². The Morgan fingerprint density at radius 2 is 1.93 bits per heavy atom. The van der Waals surface area contributed by atoms with E-state index in [0.717, 1.165) is 31.4 Å². The Bertz CT molecular complexity index is 1090. The first kappa shape index (κ1) is 20.0. The first-order chi connectivity index (χ1) is 14.6. The molecule has 0 fully saturated rings. The van der Waals surface area contributed by atoms with Crippen molar-refractivity contribution in [3.8, 4) is 5.75 Å². The number of rotatable bonds is 6. The summed E-state index contributed by atoms with van der Waals surface area (Å²) in [6.45, 7) is 2.69. The first-order valence-electron chi connectivity index (χ1n) is 10.1. The van der Waals surface area contributed by atoms with Gasteiger partial charge in [-0.05, 0) is 17.7 Å². The zero-order valence-corrected chi connectivity index (χ0v) is 17.2. The zero-order chi connectivity index (χ0) is 21.1. The van der Waals surface area contributed by atoms with E-state index in [0.29, 0.717) is 23.4 Å². The first-order valence-corrected chi connectivity index (χ1v) is 10.1. The lowest BCUT2D eigenvalue weighted by Gasteiger charge is -2.25. The van der Waals surface area contributed by atoms with Crippen molar-refractivity contribution in [1.82, 2.24) is 4.98 Å². The molecule has 0 saturated carbocycles. The minimum absolute atomic E-state index is 0.122. The SMILES string of the molecule is COC(=O)c1[nH]c2cc(OC)ccc2c1NC(=O)CC[NH+]1CCc2ccccc2C1. The summed E-state index contributed by atoms with van der Waals surface area (Å²) in [7, 11) is 2.90. The molecule has 0 bridgehead atoms. The van der Waals surface area contributed by atoms with Crippen LogP contribution in [0.15, 0.2) is 42.5 Å². The van der Waals surface area contributed by atoms with Gasteiger partial charge in [0, 0.05) is 23.4 Å². The number of carbonyl (C=O) groups excluding carboxylic acids is 2. The average Bonchev–Trinajstić information content (AvgIpc) is 3.14. The van der Waals surface area contributed by atoms with Crippen molar-refractivity contribution in [3.63, 3.8) is 0 Å². The molecule has 3 N–H and O–H groups in total. The molecular formula is C23H26N3O4+. The molecule has 7 heteroatoms. The minimum Gasteiger partial charge on any atom is -0.497 e. The summed E-state index contributed by atoms with van der Waals surface area (Å²) in [5.41, 5.74) is 4.14. The number of methoxy groups -OCH3 is 2. The Labute approximate surface area is 175 Å². The van der Waals surface area contributed by atoms with E-state index in [9.17, 15) is 9.59 Å². The number of carbonyl (C=O) groups is 2. The van der Waals surface area contributed by atoms with Gasteiger partial charge in [0.1, 0.15) is 18.0 Å². The summed E-state index contributed by atoms with van der Waals surface area (Å²) in [4.78, 5) is 29.4. The monoisotopic (exact) mass is 408 g/mol. The summed E-state index contributed by atoms with van der Waals surface area (Å²) in [5, 5.41) is 3.66. The largest absolute Gasteiger partial charge is 0.497 e. The van der Waals surface area contributed by atoms with Crippen molar-refractivity contribution < 1.29 is 24.0 Å². The third kappa shape index (κ3) is 4.02. The van der Waals surface area contributed by atoms with Crippen LogP contribution in [0.2, 0.25) is 0 Å². The predicted molar refractivity (Wildman–Crippen MR) is 114 cm³/mol. The second kappa shape index (κ2) is 8.59. The molecule has 0 spiro atoms. The summed E-state index contributed by atoms with van der Waals surface area (Å²) < 4.78 is 10.1. The van der Waals surface area contributed by atoms with E-state index in [2.05, 4.69) is 34.6 Å². The number of quaternary nitrogens is 1. The Morgan fingerprint density at radius 3 is 2.70 bits per heavy atom. The zero-order valence-electron chi connectivity index (χ0n) is 17.2. The normalized spacial score (nSPS) is 15.5. The van der Waals surface area contributed by atoms with Gasteiger partial charge in [-0.3, -0.25) is 4.79 Å². The molecule has 2 heterocycles. The van der Waals surface area contributed by atoms with Crippen LogP contribution in [0.4, 0.5) is 5.69 Å². The molecule has 0 aliphatic carbocycles. The third-order valence-electron chi connectivity index (χ3n) is 5.67. The number of hydrogen-bond donors (Lipinski definition) is 3. The number of aromatic amines is 1. The highest BCUT2D eigenvalue weighted by atomic mass is 16.5. The van der Waals surface area contributed by atoms with Crippen LogP contribution >= 0.6 is 0 Å². The van der Waals surface area contributed by atoms with Crippen LogP contribution in [0, 0.1) is 0 Å². The molecule has 30 heavy (non-hydrogen) atoms. The highest BCUT2D eigenvalue weighted by molar-refractivity contribution is 6.11. The molecule has 1 aromatic heterocycles. The molecule has 0 radical (unpaired) electrons. The van der Waals surface area contributed by atoms with Crippen LogP contribution in [0.5, 0.6) is 5.75 Å². The van der Waals surface area contributed by atoms with Crippen LogP contribution in [0.25, 0.3) is 10.9 Å². The number of aromatic nitrogens is 1. The second-order valence-electron chi connectivity index (χ2n) is 7.52. The molecule has 0 saturated heterocycles. The van der Waals surface area contributed by atoms with E-state index in [4.69, 9.17) is 9.47 Å². The maximum atomic E-state index is 12.7. The van der Waals surface area contributed by atoms with Crippen molar-refractivity contribution in [2.75, 3.05) is 32.6 Å². The number of ether oxygens (including phenoxy) is 2. The van der Waals surface area contributed by atoms with E-state index in [1.165, 1.54) is 23.1 Å². The highest BCUT2D eigenvalue weighted by Gasteiger charge is 2.23. The van der Waals surface area contributed by atoms with Gasteiger partial charge in [-0.2, -0.15) is 0 Å². The molecule has 4 rings (SSSR count). The van der Waals surface area contributed by atoms with Crippen LogP contribution in [0.1, 0.15) is 28.0 Å². The summed E-state index contributed by atoms with van der Waals surface area (Å²) in [6.07, 6.45) is 1.41. The summed E-state index contributed by atoms with van der Waals surface area (Å²) in [5.74, 6) is 0.00832. The van der Waals surface area contributed by atoms with Crippen LogP contribution in [-0.2, 0) is 22.5 Å². The van der Waals surface area contributed by atoms with Crippen LogP contribution in [0.3, 0.4) is 0 Å². The van der Waals surface area contributed by atoms with Crippen molar-refractivity contribution in [2.45, 2.75) is 19.4 Å². The fourth-order valence-electron chi connectivity index (χ4n) is 4.04. The number of esters is 1. The van der Waals surface area contributed by atoms with Gasteiger partial charge >= 0.3 is 5.97 Å². The number of nitrogens with one attached hydrogen (secondary N) is 3. The Kier molecular flexibility index (Phi) is 5.72. The summed E-state index contributed by atoms with van der Waals surface area (Å²) >= 11 is 0. The number of fused-ring (bicyclic) bond motifs is 2. The topological polar surface area (TPSA) is 84.9 Å². The van der Waals surface area contributed by atoms with Gasteiger partial charge in [0.2, 0.25) is 5.91 Å². The van der Waals surface area contributed by atoms with Gasteiger partial charge in [-0.1, -0.05) is 24.3 Å². The molecule has 2 aromatic carbocycles. The number of benzene rings is 2. The number of amides is 1. The van der Waals surface area contributed by atoms with Crippen LogP contribution in [-0.4, -0.2) is 44.2 Å². The van der Waals surface area contributed by atoms with E-state index in [1.54, 1.807) is 19.2 Å². The minimum atomic E-state index is -0.529.